The summed E-state index contributed by atoms with van der Waals surface area (Å²) in [5.74, 6) is -0.0755. The predicted octanol–water partition coefficient (Wildman–Crippen LogP) is 2.93. The Morgan fingerprint density at radius 1 is 1.33 bits per heavy atom. The van der Waals surface area contributed by atoms with Crippen molar-refractivity contribution in [3.05, 3.63) is 35.3 Å². The van der Waals surface area contributed by atoms with Crippen molar-refractivity contribution < 1.29 is 9.53 Å². The van der Waals surface area contributed by atoms with E-state index in [-0.39, 0.29) is 30.5 Å². The SMILES string of the molecule is Cc1csc(Nc2ccc(NC(=O)[C@H]3NCCO[C@@H]3C)cc2)n1.Cl. The minimum Gasteiger partial charge on any atom is -0.375 e. The lowest BCUT2D eigenvalue weighted by atomic mass is 10.1. The standard InChI is InChI=1S/C16H20N4O2S.ClH/c1-10-9-23-16(18-10)20-13-5-3-12(4-6-13)19-15(21)14-11(2)22-8-7-17-14;/h3-6,9,11,14,17H,7-8H2,1-2H3,(H,18,20)(H,19,21);1H/t11-,14+;/m1./s1. The summed E-state index contributed by atoms with van der Waals surface area (Å²) in [5.41, 5.74) is 2.69. The molecule has 130 valence electrons. The molecule has 2 atom stereocenters. The molecule has 1 amide bonds. The Balaban J connectivity index is 0.00000208. The zero-order valence-electron chi connectivity index (χ0n) is 13.5. The summed E-state index contributed by atoms with van der Waals surface area (Å²) in [5, 5.41) is 12.2. The predicted molar refractivity (Wildman–Crippen MR) is 99.7 cm³/mol. The highest BCUT2D eigenvalue weighted by Crippen LogP contribution is 2.22. The number of rotatable bonds is 4. The molecule has 1 aliphatic rings. The molecule has 8 heteroatoms. The van der Waals surface area contributed by atoms with Crippen LogP contribution in [-0.2, 0) is 9.53 Å². The largest absolute Gasteiger partial charge is 0.375 e. The number of nitrogens with zero attached hydrogens (tertiary/aromatic N) is 1. The first-order valence-electron chi connectivity index (χ1n) is 7.57. The van der Waals surface area contributed by atoms with Gasteiger partial charge in [-0.25, -0.2) is 4.98 Å². The van der Waals surface area contributed by atoms with Crippen molar-refractivity contribution in [3.8, 4) is 0 Å². The van der Waals surface area contributed by atoms with E-state index in [1.54, 1.807) is 11.3 Å². The second kappa shape index (κ2) is 8.43. The summed E-state index contributed by atoms with van der Waals surface area (Å²) < 4.78 is 5.50. The van der Waals surface area contributed by atoms with E-state index in [4.69, 9.17) is 4.74 Å². The van der Waals surface area contributed by atoms with Crippen LogP contribution in [0.25, 0.3) is 0 Å². The zero-order valence-corrected chi connectivity index (χ0v) is 15.2. The molecule has 3 rings (SSSR count). The van der Waals surface area contributed by atoms with Crippen LogP contribution >= 0.6 is 23.7 Å². The highest BCUT2D eigenvalue weighted by Gasteiger charge is 2.28. The van der Waals surface area contributed by atoms with Gasteiger partial charge in [-0.3, -0.25) is 4.79 Å². The van der Waals surface area contributed by atoms with Gasteiger partial charge < -0.3 is 20.7 Å². The zero-order chi connectivity index (χ0) is 16.2. The van der Waals surface area contributed by atoms with Crippen molar-refractivity contribution in [1.82, 2.24) is 10.3 Å². The van der Waals surface area contributed by atoms with Gasteiger partial charge in [0.15, 0.2) is 5.13 Å². The number of aromatic nitrogens is 1. The summed E-state index contributed by atoms with van der Waals surface area (Å²) in [7, 11) is 0. The molecular weight excluding hydrogens is 348 g/mol. The maximum absolute atomic E-state index is 12.3. The number of hydrogen-bond donors (Lipinski definition) is 3. The number of anilines is 3. The van der Waals surface area contributed by atoms with E-state index >= 15 is 0 Å². The molecule has 0 unspecified atom stereocenters. The molecule has 0 radical (unpaired) electrons. The monoisotopic (exact) mass is 368 g/mol. The normalized spacial score (nSPS) is 20.1. The van der Waals surface area contributed by atoms with Gasteiger partial charge in [-0.05, 0) is 38.1 Å². The first-order chi connectivity index (χ1) is 11.1. The van der Waals surface area contributed by atoms with Crippen molar-refractivity contribution in [3.63, 3.8) is 0 Å². The number of aryl methyl sites for hydroxylation is 1. The fourth-order valence-electron chi connectivity index (χ4n) is 2.42. The Kier molecular flexibility index (Phi) is 6.56. The second-order valence-corrected chi connectivity index (χ2v) is 6.35. The molecule has 1 aliphatic heterocycles. The molecule has 6 nitrogen and oxygen atoms in total. The van der Waals surface area contributed by atoms with Gasteiger partial charge in [-0.15, -0.1) is 23.7 Å². The average molecular weight is 369 g/mol. The minimum absolute atomic E-state index is 0. The number of benzene rings is 1. The Labute approximate surface area is 151 Å². The third-order valence-electron chi connectivity index (χ3n) is 3.62. The minimum atomic E-state index is -0.320. The number of carbonyl (C=O) groups is 1. The number of halogens is 1. The molecule has 0 bridgehead atoms. The van der Waals surface area contributed by atoms with Gasteiger partial charge >= 0.3 is 0 Å². The molecule has 0 spiro atoms. The van der Waals surface area contributed by atoms with Gasteiger partial charge in [0.05, 0.1) is 18.4 Å². The summed E-state index contributed by atoms with van der Waals surface area (Å²) in [6.07, 6.45) is -0.127. The Morgan fingerprint density at radius 2 is 2.04 bits per heavy atom. The van der Waals surface area contributed by atoms with Crippen molar-refractivity contribution in [2.45, 2.75) is 26.0 Å². The highest BCUT2D eigenvalue weighted by molar-refractivity contribution is 7.13. The number of ether oxygens (including phenoxy) is 1. The molecule has 3 N–H and O–H groups in total. The molecule has 2 aromatic rings. The Hall–Kier alpha value is -1.67. The Bertz CT molecular complexity index is 677. The summed E-state index contributed by atoms with van der Waals surface area (Å²) in [6, 6.07) is 7.26. The Morgan fingerprint density at radius 3 is 2.67 bits per heavy atom. The third kappa shape index (κ3) is 4.67. The van der Waals surface area contributed by atoms with Crippen LogP contribution in [0, 0.1) is 6.92 Å². The number of nitrogens with one attached hydrogen (secondary N) is 3. The number of hydrogen-bond acceptors (Lipinski definition) is 6. The number of morpholine rings is 1. The van der Waals surface area contributed by atoms with E-state index in [1.165, 1.54) is 0 Å². The van der Waals surface area contributed by atoms with Gasteiger partial charge in [-0.2, -0.15) is 0 Å². The summed E-state index contributed by atoms with van der Waals surface area (Å²) in [4.78, 5) is 16.6. The highest BCUT2D eigenvalue weighted by atomic mass is 35.5. The van der Waals surface area contributed by atoms with Crippen LogP contribution in [0.15, 0.2) is 29.6 Å². The first kappa shape index (κ1) is 18.7. The molecular formula is C16H21ClN4O2S. The van der Waals surface area contributed by atoms with Crippen LogP contribution in [0.2, 0.25) is 0 Å². The molecule has 0 saturated carbocycles. The van der Waals surface area contributed by atoms with Crippen molar-refractivity contribution in [2.24, 2.45) is 0 Å². The molecule has 2 heterocycles. The van der Waals surface area contributed by atoms with Crippen LogP contribution in [0.5, 0.6) is 0 Å². The smallest absolute Gasteiger partial charge is 0.244 e. The molecule has 1 fully saturated rings. The summed E-state index contributed by atoms with van der Waals surface area (Å²) >= 11 is 1.56. The van der Waals surface area contributed by atoms with Crippen LogP contribution in [0.4, 0.5) is 16.5 Å². The van der Waals surface area contributed by atoms with Gasteiger partial charge in [0.1, 0.15) is 6.04 Å². The van der Waals surface area contributed by atoms with Gasteiger partial charge in [0.2, 0.25) is 5.91 Å². The van der Waals surface area contributed by atoms with E-state index in [9.17, 15) is 4.79 Å². The number of amides is 1. The van der Waals surface area contributed by atoms with Crippen LogP contribution in [-0.4, -0.2) is 36.2 Å². The lowest BCUT2D eigenvalue weighted by Gasteiger charge is -2.29. The fourth-order valence-corrected chi connectivity index (χ4v) is 3.13. The van der Waals surface area contributed by atoms with Gasteiger partial charge in [-0.1, -0.05) is 0 Å². The lowest BCUT2D eigenvalue weighted by molar-refractivity contribution is -0.123. The molecule has 1 aromatic heterocycles. The maximum atomic E-state index is 12.3. The lowest BCUT2D eigenvalue weighted by Crippen LogP contribution is -2.53. The van der Waals surface area contributed by atoms with E-state index < -0.39 is 0 Å². The maximum Gasteiger partial charge on any atom is 0.244 e. The first-order valence-corrected chi connectivity index (χ1v) is 8.45. The average Bonchev–Trinajstić information content (AvgIpc) is 2.95. The van der Waals surface area contributed by atoms with Crippen molar-refractivity contribution in [1.29, 1.82) is 0 Å². The molecule has 24 heavy (non-hydrogen) atoms. The second-order valence-electron chi connectivity index (χ2n) is 5.49. The van der Waals surface area contributed by atoms with Crippen molar-refractivity contribution in [2.75, 3.05) is 23.8 Å². The van der Waals surface area contributed by atoms with Crippen LogP contribution in [0.3, 0.4) is 0 Å². The van der Waals surface area contributed by atoms with Gasteiger partial charge in [0.25, 0.3) is 0 Å². The third-order valence-corrected chi connectivity index (χ3v) is 4.50. The number of thiazole rings is 1. The quantitative estimate of drug-likeness (QED) is 0.773. The molecule has 1 aromatic carbocycles. The fraction of sp³-hybridized carbons (Fsp3) is 0.375. The van der Waals surface area contributed by atoms with Crippen molar-refractivity contribution >= 4 is 46.2 Å². The van der Waals surface area contributed by atoms with Gasteiger partial charge in [0, 0.05) is 23.3 Å². The topological polar surface area (TPSA) is 75.3 Å². The number of carbonyl (C=O) groups excluding carboxylic acids is 1. The van der Waals surface area contributed by atoms with E-state index in [0.29, 0.717) is 13.2 Å². The van der Waals surface area contributed by atoms with E-state index in [2.05, 4.69) is 20.9 Å². The van der Waals surface area contributed by atoms with E-state index in [0.717, 1.165) is 22.2 Å². The summed E-state index contributed by atoms with van der Waals surface area (Å²) in [6.45, 7) is 5.20. The molecule has 1 saturated heterocycles. The van der Waals surface area contributed by atoms with Crippen LogP contribution < -0.4 is 16.0 Å². The van der Waals surface area contributed by atoms with E-state index in [1.807, 2.05) is 43.5 Å². The molecule has 0 aliphatic carbocycles. The van der Waals surface area contributed by atoms with Crippen LogP contribution in [0.1, 0.15) is 12.6 Å².